The third-order valence-corrected chi connectivity index (χ3v) is 7.34. The second kappa shape index (κ2) is 11.6. The van der Waals surface area contributed by atoms with Gasteiger partial charge in [-0.1, -0.05) is 48.5 Å². The van der Waals surface area contributed by atoms with Crippen molar-refractivity contribution in [2.45, 2.75) is 32.3 Å². The number of carbonyl (C=O) groups is 1. The number of aryl methyl sites for hydroxylation is 1. The summed E-state index contributed by atoms with van der Waals surface area (Å²) in [5, 5.41) is 11.9. The van der Waals surface area contributed by atoms with Gasteiger partial charge in [0.05, 0.1) is 12.3 Å². The second-order valence-electron chi connectivity index (χ2n) is 9.45. The van der Waals surface area contributed by atoms with E-state index < -0.39 is 11.6 Å². The van der Waals surface area contributed by atoms with Crippen LogP contribution < -0.4 is 9.47 Å². The summed E-state index contributed by atoms with van der Waals surface area (Å²) in [5.41, 5.74) is 2.43. The lowest BCUT2D eigenvalue weighted by molar-refractivity contribution is -0.153. The van der Waals surface area contributed by atoms with Crippen LogP contribution in [0.2, 0.25) is 0 Å². The van der Waals surface area contributed by atoms with Crippen molar-refractivity contribution in [3.63, 3.8) is 0 Å². The van der Waals surface area contributed by atoms with Gasteiger partial charge in [-0.25, -0.2) is 9.78 Å². The number of hydrogen-bond acceptors (Lipinski definition) is 6. The van der Waals surface area contributed by atoms with E-state index in [1.807, 2.05) is 55.5 Å². The van der Waals surface area contributed by atoms with Crippen molar-refractivity contribution in [3.8, 4) is 33.4 Å². The van der Waals surface area contributed by atoms with E-state index in [4.69, 9.17) is 18.9 Å². The molecule has 39 heavy (non-hydrogen) atoms. The van der Waals surface area contributed by atoms with E-state index in [2.05, 4.69) is 23.6 Å². The zero-order chi connectivity index (χ0) is 27.2. The SMILES string of the molecule is Cc1oc(-c2cccc(-c3cccs3)c2)nc1CCOc1ccc(OC(C)(Cc2ccccc2)C(=O)O)cc1. The Morgan fingerprint density at radius 3 is 2.41 bits per heavy atom. The number of aromatic nitrogens is 1. The number of hydrogen-bond donors (Lipinski definition) is 1. The molecule has 7 heteroatoms. The number of aliphatic carboxylic acids is 1. The van der Waals surface area contributed by atoms with Gasteiger partial charge < -0.3 is 19.0 Å². The van der Waals surface area contributed by atoms with Crippen LogP contribution >= 0.6 is 11.3 Å². The first-order valence-corrected chi connectivity index (χ1v) is 13.6. The van der Waals surface area contributed by atoms with Crippen molar-refractivity contribution in [2.75, 3.05) is 6.61 Å². The normalized spacial score (nSPS) is 12.6. The summed E-state index contributed by atoms with van der Waals surface area (Å²) in [7, 11) is 0. The Labute approximate surface area is 231 Å². The molecule has 0 bridgehead atoms. The smallest absolute Gasteiger partial charge is 0.348 e. The molecule has 0 fully saturated rings. The van der Waals surface area contributed by atoms with E-state index in [1.54, 1.807) is 42.5 Å². The maximum atomic E-state index is 12.0. The summed E-state index contributed by atoms with van der Waals surface area (Å²) in [6.07, 6.45) is 0.838. The molecular weight excluding hydrogens is 510 g/mol. The standard InChI is InChI=1S/C32H29NO5S/c1-22-28(33-30(37-22)25-11-6-10-24(20-25)29-12-7-19-39-29)17-18-36-26-13-15-27(16-14-26)38-32(2,31(34)35)21-23-8-4-3-5-9-23/h3-16,19-20H,17-18,21H2,1-2H3,(H,34,35). The average molecular weight is 540 g/mol. The highest BCUT2D eigenvalue weighted by Crippen LogP contribution is 2.30. The maximum absolute atomic E-state index is 12.0. The Hall–Kier alpha value is -4.36. The van der Waals surface area contributed by atoms with Gasteiger partial charge in [0.15, 0.2) is 0 Å². The molecule has 1 atom stereocenters. The highest BCUT2D eigenvalue weighted by molar-refractivity contribution is 7.13. The van der Waals surface area contributed by atoms with Crippen molar-refractivity contribution in [2.24, 2.45) is 0 Å². The van der Waals surface area contributed by atoms with Crippen LogP contribution in [-0.4, -0.2) is 28.3 Å². The number of nitrogens with zero attached hydrogens (tertiary/aromatic N) is 1. The summed E-state index contributed by atoms with van der Waals surface area (Å²) in [6, 6.07) is 28.8. The first kappa shape index (κ1) is 26.3. The van der Waals surface area contributed by atoms with Crippen LogP contribution in [0.15, 0.2) is 101 Å². The number of ether oxygens (including phenoxy) is 2. The Balaban J connectivity index is 1.18. The van der Waals surface area contributed by atoms with E-state index >= 15 is 0 Å². The summed E-state index contributed by atoms with van der Waals surface area (Å²) in [6.45, 7) is 3.92. The van der Waals surface area contributed by atoms with Gasteiger partial charge in [-0.2, -0.15) is 0 Å². The lowest BCUT2D eigenvalue weighted by atomic mass is 9.96. The van der Waals surface area contributed by atoms with Crippen LogP contribution in [0.1, 0.15) is 23.9 Å². The van der Waals surface area contributed by atoms with Gasteiger partial charge in [-0.05, 0) is 72.8 Å². The Morgan fingerprint density at radius 2 is 1.69 bits per heavy atom. The number of rotatable bonds is 11. The third kappa shape index (κ3) is 6.38. The summed E-state index contributed by atoms with van der Waals surface area (Å²) in [4.78, 5) is 17.9. The average Bonchev–Trinajstić information content (AvgIpc) is 3.61. The van der Waals surface area contributed by atoms with E-state index in [-0.39, 0.29) is 6.42 Å². The molecular formula is C32H29NO5S. The van der Waals surface area contributed by atoms with E-state index in [0.717, 1.165) is 28.1 Å². The van der Waals surface area contributed by atoms with E-state index in [1.165, 1.54) is 4.88 Å². The molecule has 0 spiro atoms. The molecule has 1 N–H and O–H groups in total. The molecule has 0 aliphatic carbocycles. The number of carboxylic acid groups (broad SMARTS) is 1. The minimum absolute atomic E-state index is 0.249. The molecule has 2 aromatic heterocycles. The Bertz CT molecular complexity index is 1530. The van der Waals surface area contributed by atoms with Crippen molar-refractivity contribution in [1.29, 1.82) is 0 Å². The monoisotopic (exact) mass is 539 g/mol. The largest absolute Gasteiger partial charge is 0.493 e. The number of oxazole rings is 1. The zero-order valence-corrected chi connectivity index (χ0v) is 22.6. The fourth-order valence-corrected chi connectivity index (χ4v) is 5.03. The molecule has 2 heterocycles. The Kier molecular flexibility index (Phi) is 7.79. The minimum Gasteiger partial charge on any atom is -0.493 e. The molecule has 6 nitrogen and oxygen atoms in total. The molecule has 0 saturated heterocycles. The molecule has 0 amide bonds. The molecule has 0 saturated carbocycles. The van der Waals surface area contributed by atoms with Crippen LogP contribution in [0.4, 0.5) is 0 Å². The first-order chi connectivity index (χ1) is 18.9. The van der Waals surface area contributed by atoms with Gasteiger partial charge in [0, 0.05) is 23.3 Å². The topological polar surface area (TPSA) is 81.8 Å². The van der Waals surface area contributed by atoms with Crippen molar-refractivity contribution in [1.82, 2.24) is 4.98 Å². The van der Waals surface area contributed by atoms with Crippen LogP contribution in [0.25, 0.3) is 21.9 Å². The molecule has 198 valence electrons. The van der Waals surface area contributed by atoms with E-state index in [9.17, 15) is 9.90 Å². The molecule has 0 aliphatic rings. The molecule has 0 radical (unpaired) electrons. The van der Waals surface area contributed by atoms with Crippen molar-refractivity contribution >= 4 is 17.3 Å². The minimum atomic E-state index is -1.39. The predicted molar refractivity (Wildman–Crippen MR) is 152 cm³/mol. The number of benzene rings is 3. The summed E-state index contributed by atoms with van der Waals surface area (Å²) >= 11 is 1.70. The second-order valence-corrected chi connectivity index (χ2v) is 10.4. The lowest BCUT2D eigenvalue weighted by Crippen LogP contribution is -2.43. The lowest BCUT2D eigenvalue weighted by Gasteiger charge is -2.26. The van der Waals surface area contributed by atoms with Crippen molar-refractivity contribution < 1.29 is 23.8 Å². The van der Waals surface area contributed by atoms with Gasteiger partial charge >= 0.3 is 5.97 Å². The van der Waals surface area contributed by atoms with Gasteiger partial charge in [0.1, 0.15) is 17.3 Å². The molecule has 1 unspecified atom stereocenters. The molecule has 5 rings (SSSR count). The fraction of sp³-hybridized carbons (Fsp3) is 0.188. The molecule has 5 aromatic rings. The van der Waals surface area contributed by atoms with Crippen molar-refractivity contribution in [3.05, 3.63) is 113 Å². The number of carboxylic acids is 1. The highest BCUT2D eigenvalue weighted by atomic mass is 32.1. The Morgan fingerprint density at radius 1 is 0.949 bits per heavy atom. The fourth-order valence-electron chi connectivity index (χ4n) is 4.30. The van der Waals surface area contributed by atoms with Gasteiger partial charge in [-0.3, -0.25) is 0 Å². The first-order valence-electron chi connectivity index (χ1n) is 12.7. The third-order valence-electron chi connectivity index (χ3n) is 6.42. The van der Waals surface area contributed by atoms with Crippen LogP contribution in [-0.2, 0) is 17.6 Å². The number of thiophene rings is 1. The summed E-state index contributed by atoms with van der Waals surface area (Å²) in [5.74, 6) is 1.47. The zero-order valence-electron chi connectivity index (χ0n) is 21.8. The van der Waals surface area contributed by atoms with Crippen LogP contribution in [0, 0.1) is 6.92 Å². The molecule has 3 aromatic carbocycles. The predicted octanol–water partition coefficient (Wildman–Crippen LogP) is 7.46. The van der Waals surface area contributed by atoms with Gasteiger partial charge in [0.25, 0.3) is 0 Å². The van der Waals surface area contributed by atoms with Gasteiger partial charge in [0.2, 0.25) is 11.5 Å². The quantitative estimate of drug-likeness (QED) is 0.188. The molecule has 0 aliphatic heterocycles. The summed E-state index contributed by atoms with van der Waals surface area (Å²) < 4.78 is 17.8. The maximum Gasteiger partial charge on any atom is 0.348 e. The van der Waals surface area contributed by atoms with Gasteiger partial charge in [-0.15, -0.1) is 11.3 Å². The highest BCUT2D eigenvalue weighted by Gasteiger charge is 2.36. The van der Waals surface area contributed by atoms with Crippen LogP contribution in [0.5, 0.6) is 11.5 Å². The van der Waals surface area contributed by atoms with E-state index in [0.29, 0.717) is 30.4 Å². The van der Waals surface area contributed by atoms with Crippen LogP contribution in [0.3, 0.4) is 0 Å².